The molecule has 1 aliphatic carbocycles. The molecule has 6 nitrogen and oxygen atoms in total. The lowest BCUT2D eigenvalue weighted by molar-refractivity contribution is -0.274. The van der Waals surface area contributed by atoms with Crippen LogP contribution in [0.4, 0.5) is 22.0 Å². The largest absolute Gasteiger partial charge is 0.573 e. The van der Waals surface area contributed by atoms with Gasteiger partial charge in [0.2, 0.25) is 5.91 Å². The quantitative estimate of drug-likeness (QED) is 0.604. The normalized spacial score (nSPS) is 20.4. The summed E-state index contributed by atoms with van der Waals surface area (Å²) in [6, 6.07) is 4.87. The number of likely N-dealkylation sites (tertiary alicyclic amines) is 1. The van der Waals surface area contributed by atoms with Crippen LogP contribution in [-0.2, 0) is 4.79 Å². The Balaban J connectivity index is 1.58. The molecular formula is C23H21F5N2O4. The summed E-state index contributed by atoms with van der Waals surface area (Å²) in [5.41, 5.74) is -0.385. The third kappa shape index (κ3) is 5.23. The SMILES string of the molecule is COc1cc(F)c([C@@H]2CN(CC3CC3)C(=O)[C@H]2NC(=O)c2ccc(OC(F)(F)F)cc2)c(F)c1. The number of carbonyl (C=O) groups excluding carboxylic acids is 2. The van der Waals surface area contributed by atoms with Gasteiger partial charge in [-0.15, -0.1) is 13.2 Å². The molecule has 1 saturated heterocycles. The molecule has 2 amide bonds. The minimum absolute atomic E-state index is 0.0127. The first-order valence-electron chi connectivity index (χ1n) is 10.5. The Labute approximate surface area is 191 Å². The van der Waals surface area contributed by atoms with Gasteiger partial charge in [-0.2, -0.15) is 0 Å². The molecule has 0 aromatic heterocycles. The number of nitrogens with one attached hydrogen (secondary N) is 1. The predicted molar refractivity (Wildman–Crippen MR) is 109 cm³/mol. The first-order chi connectivity index (χ1) is 16.1. The fourth-order valence-electron chi connectivity index (χ4n) is 4.06. The highest BCUT2D eigenvalue weighted by atomic mass is 19.4. The van der Waals surface area contributed by atoms with E-state index in [0.29, 0.717) is 12.5 Å². The van der Waals surface area contributed by atoms with Crippen LogP contribution in [0, 0.1) is 17.6 Å². The molecule has 2 aliphatic rings. The van der Waals surface area contributed by atoms with E-state index in [0.717, 1.165) is 49.2 Å². The average Bonchev–Trinajstić information content (AvgIpc) is 3.53. The van der Waals surface area contributed by atoms with Crippen molar-refractivity contribution in [1.29, 1.82) is 0 Å². The first-order valence-corrected chi connectivity index (χ1v) is 10.5. The van der Waals surface area contributed by atoms with E-state index < -0.39 is 47.5 Å². The summed E-state index contributed by atoms with van der Waals surface area (Å²) in [5, 5.41) is 2.51. The number of methoxy groups -OCH3 is 1. The molecule has 2 atom stereocenters. The van der Waals surface area contributed by atoms with Crippen LogP contribution in [-0.4, -0.2) is 49.3 Å². The molecule has 2 aromatic carbocycles. The highest BCUT2D eigenvalue weighted by molar-refractivity contribution is 5.98. The van der Waals surface area contributed by atoms with Gasteiger partial charge in [-0.05, 0) is 43.0 Å². The number of hydrogen-bond acceptors (Lipinski definition) is 4. The summed E-state index contributed by atoms with van der Waals surface area (Å²) in [7, 11) is 1.26. The maximum atomic E-state index is 14.8. The molecule has 0 radical (unpaired) electrons. The lowest BCUT2D eigenvalue weighted by Crippen LogP contribution is -2.44. The number of amides is 2. The zero-order valence-corrected chi connectivity index (χ0v) is 18.0. The lowest BCUT2D eigenvalue weighted by Gasteiger charge is -2.20. The summed E-state index contributed by atoms with van der Waals surface area (Å²) in [4.78, 5) is 27.3. The molecule has 2 aromatic rings. The van der Waals surface area contributed by atoms with Gasteiger partial charge in [0.1, 0.15) is 29.2 Å². The molecule has 1 heterocycles. The zero-order valence-electron chi connectivity index (χ0n) is 18.0. The van der Waals surface area contributed by atoms with Crippen molar-refractivity contribution >= 4 is 11.8 Å². The number of rotatable bonds is 7. The van der Waals surface area contributed by atoms with Gasteiger partial charge in [-0.3, -0.25) is 9.59 Å². The Morgan fingerprint density at radius 2 is 1.71 bits per heavy atom. The van der Waals surface area contributed by atoms with Crippen molar-refractivity contribution in [2.24, 2.45) is 5.92 Å². The summed E-state index contributed by atoms with van der Waals surface area (Å²) in [6.45, 7) is 0.434. The standard InChI is InChI=1S/C23H21F5N2O4/c1-33-15-8-17(24)19(18(25)9-15)16-11-30(10-12-2-3-12)22(32)20(16)29-21(31)13-4-6-14(7-5-13)34-23(26,27)28/h4-9,12,16,20H,2-3,10-11H2,1H3,(H,29,31)/t16-,20-/m0/s1. The second-order valence-corrected chi connectivity index (χ2v) is 8.32. The minimum atomic E-state index is -4.88. The van der Waals surface area contributed by atoms with Gasteiger partial charge in [-0.1, -0.05) is 0 Å². The van der Waals surface area contributed by atoms with Gasteiger partial charge in [0.15, 0.2) is 0 Å². The smallest absolute Gasteiger partial charge is 0.497 e. The molecule has 34 heavy (non-hydrogen) atoms. The summed E-state index contributed by atoms with van der Waals surface area (Å²) in [6.07, 6.45) is -2.99. The van der Waals surface area contributed by atoms with Gasteiger partial charge in [0.05, 0.1) is 7.11 Å². The van der Waals surface area contributed by atoms with Crippen molar-refractivity contribution in [2.45, 2.75) is 31.2 Å². The maximum Gasteiger partial charge on any atom is 0.573 e. The number of nitrogens with zero attached hydrogens (tertiary/aromatic N) is 1. The van der Waals surface area contributed by atoms with Crippen LogP contribution in [0.3, 0.4) is 0 Å². The van der Waals surface area contributed by atoms with Gasteiger partial charge in [-0.25, -0.2) is 8.78 Å². The molecule has 0 unspecified atom stereocenters. The molecule has 182 valence electrons. The highest BCUT2D eigenvalue weighted by Crippen LogP contribution is 2.37. The fourth-order valence-corrected chi connectivity index (χ4v) is 4.06. The Kier molecular flexibility index (Phi) is 6.37. The molecule has 0 bridgehead atoms. The fraction of sp³-hybridized carbons (Fsp3) is 0.391. The summed E-state index contributed by atoms with van der Waals surface area (Å²) in [5.74, 6) is -4.30. The van der Waals surface area contributed by atoms with Crippen LogP contribution in [0.1, 0.15) is 34.7 Å². The van der Waals surface area contributed by atoms with Crippen LogP contribution >= 0.6 is 0 Å². The zero-order chi connectivity index (χ0) is 24.6. The number of halogens is 5. The van der Waals surface area contributed by atoms with Gasteiger partial charge in [0, 0.05) is 42.3 Å². The molecule has 1 aliphatic heterocycles. The molecule has 1 saturated carbocycles. The third-order valence-corrected chi connectivity index (χ3v) is 5.87. The van der Waals surface area contributed by atoms with Crippen LogP contribution < -0.4 is 14.8 Å². The van der Waals surface area contributed by atoms with Crippen molar-refractivity contribution in [3.8, 4) is 11.5 Å². The van der Waals surface area contributed by atoms with E-state index in [1.807, 2.05) is 0 Å². The number of hydrogen-bond donors (Lipinski definition) is 1. The van der Waals surface area contributed by atoms with Crippen LogP contribution in [0.5, 0.6) is 11.5 Å². The number of benzene rings is 2. The minimum Gasteiger partial charge on any atom is -0.497 e. The van der Waals surface area contributed by atoms with Crippen molar-refractivity contribution in [3.05, 3.63) is 59.2 Å². The van der Waals surface area contributed by atoms with Gasteiger partial charge in [0.25, 0.3) is 5.91 Å². The van der Waals surface area contributed by atoms with Crippen LogP contribution in [0.25, 0.3) is 0 Å². The van der Waals surface area contributed by atoms with E-state index in [1.165, 1.54) is 12.0 Å². The average molecular weight is 484 g/mol. The van der Waals surface area contributed by atoms with Crippen molar-refractivity contribution in [1.82, 2.24) is 10.2 Å². The first kappa shape index (κ1) is 23.8. The van der Waals surface area contributed by atoms with E-state index in [4.69, 9.17) is 4.74 Å². The van der Waals surface area contributed by atoms with Gasteiger partial charge < -0.3 is 19.7 Å². The Morgan fingerprint density at radius 1 is 1.09 bits per heavy atom. The molecule has 1 N–H and O–H groups in total. The monoisotopic (exact) mass is 484 g/mol. The topological polar surface area (TPSA) is 67.9 Å². The van der Waals surface area contributed by atoms with E-state index >= 15 is 0 Å². The Morgan fingerprint density at radius 3 is 2.24 bits per heavy atom. The molecular weight excluding hydrogens is 463 g/mol. The van der Waals surface area contributed by atoms with Crippen LogP contribution in [0.2, 0.25) is 0 Å². The summed E-state index contributed by atoms with van der Waals surface area (Å²) < 4.78 is 75.4. The highest BCUT2D eigenvalue weighted by Gasteiger charge is 2.45. The van der Waals surface area contributed by atoms with E-state index in [-0.39, 0.29) is 23.4 Å². The number of ether oxygens (including phenoxy) is 2. The predicted octanol–water partition coefficient (Wildman–Crippen LogP) is 4.01. The van der Waals surface area contributed by atoms with Crippen molar-refractivity contribution in [3.63, 3.8) is 0 Å². The van der Waals surface area contributed by atoms with Crippen molar-refractivity contribution < 1.29 is 41.0 Å². The summed E-state index contributed by atoms with van der Waals surface area (Å²) >= 11 is 0. The van der Waals surface area contributed by atoms with Gasteiger partial charge >= 0.3 is 6.36 Å². The molecule has 4 rings (SSSR count). The molecule has 2 fully saturated rings. The lowest BCUT2D eigenvalue weighted by atomic mass is 9.92. The maximum absolute atomic E-state index is 14.8. The molecule has 0 spiro atoms. The molecule has 11 heteroatoms. The van der Waals surface area contributed by atoms with E-state index in [2.05, 4.69) is 10.1 Å². The van der Waals surface area contributed by atoms with Crippen LogP contribution in [0.15, 0.2) is 36.4 Å². The Bertz CT molecular complexity index is 1060. The van der Waals surface area contributed by atoms with E-state index in [1.54, 1.807) is 0 Å². The number of carbonyl (C=O) groups is 2. The number of alkyl halides is 3. The Hall–Kier alpha value is -3.37. The van der Waals surface area contributed by atoms with E-state index in [9.17, 15) is 31.5 Å². The second kappa shape index (κ2) is 9.11. The second-order valence-electron chi connectivity index (χ2n) is 8.32. The third-order valence-electron chi connectivity index (χ3n) is 5.87. The van der Waals surface area contributed by atoms with Crippen molar-refractivity contribution in [2.75, 3.05) is 20.2 Å².